The number of primary amides is 1. The highest BCUT2D eigenvalue weighted by molar-refractivity contribution is 5.96. The molecule has 0 aromatic carbocycles. The van der Waals surface area contributed by atoms with Crippen molar-refractivity contribution in [1.29, 1.82) is 0 Å². The van der Waals surface area contributed by atoms with Crippen LogP contribution in [0.2, 0.25) is 0 Å². The lowest BCUT2D eigenvalue weighted by Gasteiger charge is -2.28. The number of nitrogens with zero attached hydrogens (tertiary/aromatic N) is 2. The zero-order chi connectivity index (χ0) is 25.4. The Labute approximate surface area is 197 Å². The number of carbonyl (C=O) groups is 5. The van der Waals surface area contributed by atoms with Gasteiger partial charge in [0.1, 0.15) is 18.1 Å². The number of nitrogens with one attached hydrogen (secondary N) is 3. The monoisotopic (exact) mass is 479 g/mol. The molecule has 8 N–H and O–H groups in total. The highest BCUT2D eigenvalue weighted by atomic mass is 16.4. The van der Waals surface area contributed by atoms with Crippen LogP contribution in [0.4, 0.5) is 0 Å². The van der Waals surface area contributed by atoms with E-state index in [0.29, 0.717) is 12.1 Å². The third-order valence-electron chi connectivity index (χ3n) is 5.51. The molecule has 0 saturated carbocycles. The van der Waals surface area contributed by atoms with E-state index in [2.05, 4.69) is 20.6 Å². The maximum Gasteiger partial charge on any atom is 0.326 e. The van der Waals surface area contributed by atoms with E-state index in [-0.39, 0.29) is 31.7 Å². The number of rotatable bonds is 12. The summed E-state index contributed by atoms with van der Waals surface area (Å²) < 4.78 is 0. The van der Waals surface area contributed by atoms with Crippen LogP contribution in [0.25, 0.3) is 0 Å². The fraction of sp³-hybridized carbons (Fsp3) is 0.619. The van der Waals surface area contributed by atoms with Crippen LogP contribution in [0.1, 0.15) is 45.2 Å². The number of carbonyl (C=O) groups excluding carboxylic acids is 4. The minimum Gasteiger partial charge on any atom is -0.480 e. The largest absolute Gasteiger partial charge is 0.480 e. The minimum absolute atomic E-state index is 0.000136. The summed E-state index contributed by atoms with van der Waals surface area (Å²) in [6, 6.07) is -4.37. The van der Waals surface area contributed by atoms with Gasteiger partial charge in [0.25, 0.3) is 0 Å². The topological polar surface area (TPSA) is 214 Å². The Kier molecular flexibility index (Phi) is 9.54. The van der Waals surface area contributed by atoms with Crippen LogP contribution < -0.4 is 22.1 Å². The molecule has 13 nitrogen and oxygen atoms in total. The highest BCUT2D eigenvalue weighted by Gasteiger charge is 2.39. The van der Waals surface area contributed by atoms with Gasteiger partial charge in [-0.05, 0) is 25.2 Å². The molecular weight excluding hydrogens is 446 g/mol. The normalized spacial score (nSPS) is 18.2. The number of imidazole rings is 1. The van der Waals surface area contributed by atoms with Crippen molar-refractivity contribution in [3.05, 3.63) is 18.2 Å². The third-order valence-corrected chi connectivity index (χ3v) is 5.51. The zero-order valence-electron chi connectivity index (χ0n) is 19.3. The second-order valence-corrected chi connectivity index (χ2v) is 8.84. The molecule has 13 heteroatoms. The first kappa shape index (κ1) is 26.8. The summed E-state index contributed by atoms with van der Waals surface area (Å²) >= 11 is 0. The predicted octanol–water partition coefficient (Wildman–Crippen LogP) is -1.75. The average molecular weight is 480 g/mol. The van der Waals surface area contributed by atoms with Crippen molar-refractivity contribution >= 4 is 29.6 Å². The Morgan fingerprint density at radius 3 is 2.44 bits per heavy atom. The molecule has 4 unspecified atom stereocenters. The number of carboxylic acids is 1. The van der Waals surface area contributed by atoms with Crippen LogP contribution in [0.15, 0.2) is 12.5 Å². The van der Waals surface area contributed by atoms with E-state index in [1.54, 1.807) is 0 Å². The lowest BCUT2D eigenvalue weighted by atomic mass is 10.0. The van der Waals surface area contributed by atoms with Crippen molar-refractivity contribution in [1.82, 2.24) is 25.5 Å². The van der Waals surface area contributed by atoms with Crippen LogP contribution in [0.3, 0.4) is 0 Å². The van der Waals surface area contributed by atoms with Gasteiger partial charge in [0.05, 0.1) is 18.8 Å². The number of likely N-dealkylation sites (tertiary alicyclic amines) is 1. The van der Waals surface area contributed by atoms with E-state index in [4.69, 9.17) is 11.5 Å². The van der Waals surface area contributed by atoms with Gasteiger partial charge in [0.15, 0.2) is 0 Å². The third kappa shape index (κ3) is 7.54. The van der Waals surface area contributed by atoms with Crippen LogP contribution in [-0.4, -0.2) is 80.3 Å². The maximum absolute atomic E-state index is 13.1. The lowest BCUT2D eigenvalue weighted by molar-refractivity contribution is -0.149. The first-order valence-corrected chi connectivity index (χ1v) is 11.1. The Hall–Kier alpha value is -3.48. The Balaban J connectivity index is 2.12. The summed E-state index contributed by atoms with van der Waals surface area (Å²) in [5.74, 6) is -3.97. The number of hydrogen-bond donors (Lipinski definition) is 6. The van der Waals surface area contributed by atoms with Crippen LogP contribution >= 0.6 is 0 Å². The summed E-state index contributed by atoms with van der Waals surface area (Å²) in [5, 5.41) is 14.5. The van der Waals surface area contributed by atoms with Gasteiger partial charge in [-0.15, -0.1) is 0 Å². The van der Waals surface area contributed by atoms with Gasteiger partial charge in [-0.3, -0.25) is 19.2 Å². The number of hydrogen-bond acceptors (Lipinski definition) is 7. The van der Waals surface area contributed by atoms with Gasteiger partial charge >= 0.3 is 5.97 Å². The highest BCUT2D eigenvalue weighted by Crippen LogP contribution is 2.19. The molecule has 2 rings (SSSR count). The molecule has 4 atom stereocenters. The van der Waals surface area contributed by atoms with Crippen LogP contribution in [-0.2, 0) is 30.4 Å². The van der Waals surface area contributed by atoms with Crippen molar-refractivity contribution in [3.63, 3.8) is 0 Å². The van der Waals surface area contributed by atoms with Gasteiger partial charge in [0, 0.05) is 24.9 Å². The molecule has 4 amide bonds. The Bertz CT molecular complexity index is 888. The van der Waals surface area contributed by atoms with Crippen molar-refractivity contribution in [2.45, 2.75) is 70.1 Å². The van der Waals surface area contributed by atoms with Crippen LogP contribution in [0.5, 0.6) is 0 Å². The van der Waals surface area contributed by atoms with Crippen molar-refractivity contribution < 1.29 is 29.1 Å². The van der Waals surface area contributed by atoms with Crippen molar-refractivity contribution in [3.8, 4) is 0 Å². The molecule has 1 aliphatic heterocycles. The molecule has 0 bridgehead atoms. The van der Waals surface area contributed by atoms with E-state index in [1.165, 1.54) is 12.5 Å². The molecule has 0 radical (unpaired) electrons. The molecule has 2 heterocycles. The summed E-state index contributed by atoms with van der Waals surface area (Å²) in [7, 11) is 0. The van der Waals surface area contributed by atoms with Gasteiger partial charge in [-0.1, -0.05) is 13.8 Å². The molecule has 0 spiro atoms. The average Bonchev–Trinajstić information content (AvgIpc) is 3.43. The van der Waals surface area contributed by atoms with Crippen molar-refractivity contribution in [2.75, 3.05) is 6.54 Å². The molecule has 1 aliphatic rings. The Morgan fingerprint density at radius 1 is 1.21 bits per heavy atom. The van der Waals surface area contributed by atoms with Gasteiger partial charge in [-0.2, -0.15) is 0 Å². The van der Waals surface area contributed by atoms with Crippen molar-refractivity contribution in [2.24, 2.45) is 17.4 Å². The van der Waals surface area contributed by atoms with Gasteiger partial charge in [0.2, 0.25) is 23.6 Å². The number of nitrogens with two attached hydrogens (primary N) is 2. The second kappa shape index (κ2) is 12.1. The van der Waals surface area contributed by atoms with Gasteiger partial charge in [-0.25, -0.2) is 9.78 Å². The van der Waals surface area contributed by atoms with Crippen LogP contribution in [0, 0.1) is 5.92 Å². The number of aromatic nitrogens is 2. The SMILES string of the molecule is CC(C)CC(NC(=O)C(N)Cc1cnc[nH]1)C(=O)NC(CC(N)=O)C(=O)N1CCCC1C(=O)O. The second-order valence-electron chi connectivity index (χ2n) is 8.84. The number of carboxylic acid groups (broad SMARTS) is 1. The van der Waals surface area contributed by atoms with E-state index in [0.717, 1.165) is 4.90 Å². The lowest BCUT2D eigenvalue weighted by Crippen LogP contribution is -2.58. The fourth-order valence-electron chi connectivity index (χ4n) is 3.87. The number of amides is 4. The predicted molar refractivity (Wildman–Crippen MR) is 120 cm³/mol. The number of H-pyrrole nitrogens is 1. The molecule has 0 aliphatic carbocycles. The summed E-state index contributed by atoms with van der Waals surface area (Å²) in [5.41, 5.74) is 11.9. The maximum atomic E-state index is 13.1. The smallest absolute Gasteiger partial charge is 0.326 e. The first-order chi connectivity index (χ1) is 16.0. The Morgan fingerprint density at radius 2 is 1.88 bits per heavy atom. The fourth-order valence-corrected chi connectivity index (χ4v) is 3.87. The molecule has 1 aromatic rings. The molecular formula is C21H33N7O6. The standard InChI is InChI=1S/C21H33N7O6/c1-11(2)6-14(26-18(30)13(22)7-12-9-24-10-25-12)19(31)27-15(8-17(23)29)20(32)28-5-3-4-16(28)21(33)34/h9-11,13-16H,3-8,22H2,1-2H3,(H2,23,29)(H,24,25)(H,26,30)(H,27,31)(H,33,34). The summed E-state index contributed by atoms with van der Waals surface area (Å²) in [6.45, 7) is 3.89. The summed E-state index contributed by atoms with van der Waals surface area (Å²) in [6.07, 6.45) is 3.67. The number of aliphatic carboxylic acids is 1. The molecule has 34 heavy (non-hydrogen) atoms. The van der Waals surface area contributed by atoms with E-state index >= 15 is 0 Å². The minimum atomic E-state index is -1.35. The quantitative estimate of drug-likeness (QED) is 0.202. The molecule has 1 saturated heterocycles. The molecule has 1 aromatic heterocycles. The summed E-state index contributed by atoms with van der Waals surface area (Å²) in [4.78, 5) is 69.6. The van der Waals surface area contributed by atoms with E-state index < -0.39 is 60.2 Å². The first-order valence-electron chi connectivity index (χ1n) is 11.1. The zero-order valence-corrected chi connectivity index (χ0v) is 19.3. The van der Waals surface area contributed by atoms with E-state index in [9.17, 15) is 29.1 Å². The molecule has 188 valence electrons. The van der Waals surface area contributed by atoms with E-state index in [1.807, 2.05) is 13.8 Å². The number of aromatic amines is 1. The molecule has 1 fully saturated rings. The van der Waals surface area contributed by atoms with Gasteiger partial charge < -0.3 is 37.1 Å².